The van der Waals surface area contributed by atoms with E-state index in [1.807, 2.05) is 11.8 Å². The maximum Gasteiger partial charge on any atom is 0.226 e. The Hall–Kier alpha value is -1.43. The number of carbonyl (C=O) groups excluding carboxylic acids is 2. The molecule has 0 aromatic carbocycles. The first-order valence-corrected chi connectivity index (χ1v) is 10.4. The zero-order chi connectivity index (χ0) is 17.8. The lowest BCUT2D eigenvalue weighted by Crippen LogP contribution is -2.45. The maximum absolute atomic E-state index is 12.8. The molecule has 25 heavy (non-hydrogen) atoms. The van der Waals surface area contributed by atoms with Gasteiger partial charge in [-0.2, -0.15) is 0 Å². The summed E-state index contributed by atoms with van der Waals surface area (Å²) in [5.74, 6) is 0.00332. The van der Waals surface area contributed by atoms with E-state index in [9.17, 15) is 9.59 Å². The predicted molar refractivity (Wildman–Crippen MR) is 99.6 cm³/mol. The second kappa shape index (κ2) is 8.30. The van der Waals surface area contributed by atoms with E-state index in [2.05, 4.69) is 17.2 Å². The lowest BCUT2D eigenvalue weighted by molar-refractivity contribution is -0.142. The first-order chi connectivity index (χ1) is 12.1. The number of nitrogens with one attached hydrogen (secondary N) is 1. The Labute approximate surface area is 154 Å². The van der Waals surface area contributed by atoms with Crippen molar-refractivity contribution in [3.05, 3.63) is 15.6 Å². The fourth-order valence-electron chi connectivity index (χ4n) is 3.98. The van der Waals surface area contributed by atoms with Crippen molar-refractivity contribution in [1.82, 2.24) is 15.2 Å². The molecule has 0 radical (unpaired) electrons. The van der Waals surface area contributed by atoms with E-state index >= 15 is 0 Å². The quantitative estimate of drug-likeness (QED) is 0.875. The molecule has 5 nitrogen and oxygen atoms in total. The second-order valence-corrected chi connectivity index (χ2v) is 8.61. The molecule has 2 atom stereocenters. The van der Waals surface area contributed by atoms with Gasteiger partial charge in [0.2, 0.25) is 11.8 Å². The summed E-state index contributed by atoms with van der Waals surface area (Å²) in [5, 5.41) is 4.13. The molecule has 2 unspecified atom stereocenters. The van der Waals surface area contributed by atoms with E-state index in [1.54, 1.807) is 11.3 Å². The largest absolute Gasteiger partial charge is 0.355 e. The summed E-state index contributed by atoms with van der Waals surface area (Å²) in [6.45, 7) is 6.43. The van der Waals surface area contributed by atoms with Crippen LogP contribution in [0.3, 0.4) is 0 Å². The molecule has 1 saturated carbocycles. The monoisotopic (exact) mass is 363 g/mol. The first kappa shape index (κ1) is 18.4. The van der Waals surface area contributed by atoms with Crippen LogP contribution in [-0.2, 0) is 16.0 Å². The van der Waals surface area contributed by atoms with Crippen LogP contribution in [0.4, 0.5) is 0 Å². The summed E-state index contributed by atoms with van der Waals surface area (Å²) >= 11 is 1.70. The molecule has 2 aliphatic rings. The van der Waals surface area contributed by atoms with E-state index < -0.39 is 0 Å². The zero-order valence-corrected chi connectivity index (χ0v) is 16.2. The van der Waals surface area contributed by atoms with Gasteiger partial charge >= 0.3 is 0 Å². The van der Waals surface area contributed by atoms with Crippen molar-refractivity contribution in [1.29, 1.82) is 0 Å². The van der Waals surface area contributed by atoms with Crippen LogP contribution >= 0.6 is 11.3 Å². The van der Waals surface area contributed by atoms with Gasteiger partial charge in [0.1, 0.15) is 0 Å². The maximum atomic E-state index is 12.8. The van der Waals surface area contributed by atoms with Crippen molar-refractivity contribution >= 4 is 23.2 Å². The van der Waals surface area contributed by atoms with E-state index in [0.717, 1.165) is 68.7 Å². The number of hydrogen-bond donors (Lipinski definition) is 1. The fraction of sp³-hybridized carbons (Fsp3) is 0.737. The molecule has 2 amide bonds. The number of rotatable bonds is 5. The highest BCUT2D eigenvalue weighted by Crippen LogP contribution is 2.32. The Kier molecular flexibility index (Phi) is 6.10. The summed E-state index contributed by atoms with van der Waals surface area (Å²) in [7, 11) is 0. The molecule has 2 fully saturated rings. The SMILES string of the molecule is Cc1nc(CCNC(=O)C2CCCCC2C(=O)N2CCCC2)sc1C. The summed E-state index contributed by atoms with van der Waals surface area (Å²) in [6, 6.07) is 0. The molecular formula is C19H29N3O2S. The van der Waals surface area contributed by atoms with Crippen molar-refractivity contribution in [2.24, 2.45) is 11.8 Å². The Morgan fingerprint density at radius 1 is 1.12 bits per heavy atom. The van der Waals surface area contributed by atoms with Crippen molar-refractivity contribution < 1.29 is 9.59 Å². The highest BCUT2D eigenvalue weighted by Gasteiger charge is 2.38. The minimum atomic E-state index is -0.151. The summed E-state index contributed by atoms with van der Waals surface area (Å²) < 4.78 is 0. The third-order valence-electron chi connectivity index (χ3n) is 5.55. The zero-order valence-electron chi connectivity index (χ0n) is 15.3. The standard InChI is InChI=1S/C19H29N3O2S/c1-13-14(2)25-17(21-13)9-10-20-18(23)15-7-3-4-8-16(15)19(24)22-11-5-6-12-22/h15-16H,3-12H2,1-2H3,(H,20,23). The van der Waals surface area contributed by atoms with Crippen LogP contribution in [-0.4, -0.2) is 41.3 Å². The molecule has 6 heteroatoms. The number of amides is 2. The van der Waals surface area contributed by atoms with E-state index in [1.165, 1.54) is 4.88 Å². The first-order valence-electron chi connectivity index (χ1n) is 9.55. The second-order valence-electron chi connectivity index (χ2n) is 7.32. The average Bonchev–Trinajstić information content (AvgIpc) is 3.25. The Balaban J connectivity index is 1.54. The highest BCUT2D eigenvalue weighted by atomic mass is 32.1. The number of carbonyl (C=O) groups is 2. The molecule has 138 valence electrons. The smallest absolute Gasteiger partial charge is 0.226 e. The summed E-state index contributed by atoms with van der Waals surface area (Å²) in [6.07, 6.45) is 6.77. The Morgan fingerprint density at radius 2 is 1.80 bits per heavy atom. The molecule has 2 heterocycles. The van der Waals surface area contributed by atoms with Crippen molar-refractivity contribution in [2.45, 2.75) is 58.8 Å². The van der Waals surface area contributed by atoms with Gasteiger partial charge in [0.15, 0.2) is 0 Å². The number of aryl methyl sites for hydroxylation is 2. The fourth-order valence-corrected chi connectivity index (χ4v) is 4.92. The van der Waals surface area contributed by atoms with Crippen LogP contribution in [0, 0.1) is 25.7 Å². The van der Waals surface area contributed by atoms with Crippen LogP contribution in [0.15, 0.2) is 0 Å². The van der Waals surface area contributed by atoms with Crippen molar-refractivity contribution in [3.63, 3.8) is 0 Å². The minimum Gasteiger partial charge on any atom is -0.355 e. The lowest BCUT2D eigenvalue weighted by atomic mass is 9.78. The number of aromatic nitrogens is 1. The van der Waals surface area contributed by atoms with Gasteiger partial charge < -0.3 is 10.2 Å². The average molecular weight is 364 g/mol. The number of likely N-dealkylation sites (tertiary alicyclic amines) is 1. The predicted octanol–water partition coefficient (Wildman–Crippen LogP) is 2.85. The van der Waals surface area contributed by atoms with Gasteiger partial charge in [0.25, 0.3) is 0 Å². The van der Waals surface area contributed by atoms with Crippen molar-refractivity contribution in [3.8, 4) is 0 Å². The molecule has 1 aromatic rings. The molecule has 0 spiro atoms. The van der Waals surface area contributed by atoms with Gasteiger partial charge in [-0.15, -0.1) is 11.3 Å². The number of hydrogen-bond acceptors (Lipinski definition) is 4. The third kappa shape index (κ3) is 4.40. The molecular weight excluding hydrogens is 334 g/mol. The van der Waals surface area contributed by atoms with Crippen LogP contribution in [0.25, 0.3) is 0 Å². The van der Waals surface area contributed by atoms with E-state index in [-0.39, 0.29) is 23.7 Å². The van der Waals surface area contributed by atoms with E-state index in [0.29, 0.717) is 6.54 Å². The number of nitrogens with zero attached hydrogens (tertiary/aromatic N) is 2. The van der Waals surface area contributed by atoms with Crippen LogP contribution in [0.5, 0.6) is 0 Å². The highest BCUT2D eigenvalue weighted by molar-refractivity contribution is 7.11. The minimum absolute atomic E-state index is 0.0576. The van der Waals surface area contributed by atoms with Gasteiger partial charge in [0, 0.05) is 42.8 Å². The van der Waals surface area contributed by atoms with Crippen LogP contribution in [0.1, 0.15) is 54.1 Å². The molecule has 1 N–H and O–H groups in total. The van der Waals surface area contributed by atoms with Gasteiger partial charge in [-0.25, -0.2) is 4.98 Å². The Bertz CT molecular complexity index is 603. The lowest BCUT2D eigenvalue weighted by Gasteiger charge is -2.32. The van der Waals surface area contributed by atoms with Gasteiger partial charge in [-0.05, 0) is 39.5 Å². The number of thiazole rings is 1. The van der Waals surface area contributed by atoms with Crippen LogP contribution < -0.4 is 5.32 Å². The van der Waals surface area contributed by atoms with Crippen molar-refractivity contribution in [2.75, 3.05) is 19.6 Å². The van der Waals surface area contributed by atoms with Gasteiger partial charge in [-0.3, -0.25) is 9.59 Å². The molecule has 1 aliphatic heterocycles. The Morgan fingerprint density at radius 3 is 2.44 bits per heavy atom. The molecule has 3 rings (SSSR count). The topological polar surface area (TPSA) is 62.3 Å². The van der Waals surface area contributed by atoms with Gasteiger partial charge in [0.05, 0.1) is 10.7 Å². The molecule has 1 aromatic heterocycles. The van der Waals surface area contributed by atoms with Gasteiger partial charge in [-0.1, -0.05) is 12.8 Å². The molecule has 1 aliphatic carbocycles. The van der Waals surface area contributed by atoms with E-state index in [4.69, 9.17) is 0 Å². The molecule has 0 bridgehead atoms. The van der Waals surface area contributed by atoms with Crippen LogP contribution in [0.2, 0.25) is 0 Å². The summed E-state index contributed by atoms with van der Waals surface area (Å²) in [4.78, 5) is 33.2. The normalized spacial score (nSPS) is 23.7. The molecule has 1 saturated heterocycles. The summed E-state index contributed by atoms with van der Waals surface area (Å²) in [5.41, 5.74) is 1.08. The third-order valence-corrected chi connectivity index (χ3v) is 6.68.